The lowest BCUT2D eigenvalue weighted by molar-refractivity contribution is 0.646. The normalized spacial score (nSPS) is 15.6. The van der Waals surface area contributed by atoms with Gasteiger partial charge >= 0.3 is 0 Å². The van der Waals surface area contributed by atoms with E-state index in [-0.39, 0.29) is 0 Å². The van der Waals surface area contributed by atoms with Gasteiger partial charge in [0.2, 0.25) is 0 Å². The van der Waals surface area contributed by atoms with Gasteiger partial charge in [-0.25, -0.2) is 0 Å². The van der Waals surface area contributed by atoms with Crippen LogP contribution in [0.15, 0.2) is 24.4 Å². The van der Waals surface area contributed by atoms with Crippen LogP contribution >= 0.6 is 0 Å². The van der Waals surface area contributed by atoms with Crippen molar-refractivity contribution in [1.82, 2.24) is 10.3 Å². The van der Waals surface area contributed by atoms with Gasteiger partial charge in [0.1, 0.15) is 0 Å². The van der Waals surface area contributed by atoms with E-state index in [9.17, 15) is 0 Å². The lowest BCUT2D eigenvalue weighted by Crippen LogP contribution is -2.17. The summed E-state index contributed by atoms with van der Waals surface area (Å²) in [4.78, 5) is 3.37. The summed E-state index contributed by atoms with van der Waals surface area (Å²) in [5.41, 5.74) is 4.05. The third-order valence-electron chi connectivity index (χ3n) is 3.56. The summed E-state index contributed by atoms with van der Waals surface area (Å²) in [5, 5.41) is 4.96. The van der Waals surface area contributed by atoms with Crippen molar-refractivity contribution in [2.24, 2.45) is 0 Å². The molecule has 2 aromatic rings. The molecule has 1 aliphatic carbocycles. The predicted molar refractivity (Wildman–Crippen MR) is 72.4 cm³/mol. The molecule has 2 heteroatoms. The Morgan fingerprint density at radius 3 is 3.06 bits per heavy atom. The highest BCUT2D eigenvalue weighted by molar-refractivity contribution is 5.83. The van der Waals surface area contributed by atoms with Gasteiger partial charge in [0.05, 0.1) is 0 Å². The predicted octanol–water partition coefficient (Wildman–Crippen LogP) is 3.16. The Morgan fingerprint density at radius 1 is 1.35 bits per heavy atom. The van der Waals surface area contributed by atoms with E-state index in [4.69, 9.17) is 0 Å². The number of hydrogen-bond donors (Lipinski definition) is 2. The van der Waals surface area contributed by atoms with Crippen molar-refractivity contribution in [3.63, 3.8) is 0 Å². The largest absolute Gasteiger partial charge is 0.361 e. The van der Waals surface area contributed by atoms with E-state index >= 15 is 0 Å². The van der Waals surface area contributed by atoms with Gasteiger partial charge in [0, 0.05) is 23.1 Å². The van der Waals surface area contributed by atoms with Gasteiger partial charge in [-0.05, 0) is 56.3 Å². The highest BCUT2D eigenvalue weighted by atomic mass is 14.9. The standard InChI is InChI=1S/C15H20N2/c1-11-4-7-14-12(10-17-15(14)9-11)3-2-8-16-13-5-6-13/h4,7,9-10,13,16-17H,2-3,5-6,8H2,1H3. The van der Waals surface area contributed by atoms with E-state index in [2.05, 4.69) is 41.6 Å². The molecule has 0 unspecified atom stereocenters. The molecule has 2 N–H and O–H groups in total. The number of fused-ring (bicyclic) bond motifs is 1. The number of aromatic amines is 1. The van der Waals surface area contributed by atoms with E-state index in [0.717, 1.165) is 12.6 Å². The molecular formula is C15H20N2. The van der Waals surface area contributed by atoms with E-state index in [1.807, 2.05) is 0 Å². The first-order valence-electron chi connectivity index (χ1n) is 6.63. The molecule has 0 spiro atoms. The lowest BCUT2D eigenvalue weighted by Gasteiger charge is -2.02. The Balaban J connectivity index is 1.63. The molecule has 3 rings (SSSR count). The zero-order valence-electron chi connectivity index (χ0n) is 10.4. The van der Waals surface area contributed by atoms with Crippen LogP contribution in [0.2, 0.25) is 0 Å². The topological polar surface area (TPSA) is 27.8 Å². The zero-order chi connectivity index (χ0) is 11.7. The second-order valence-electron chi connectivity index (χ2n) is 5.19. The minimum atomic E-state index is 0.834. The highest BCUT2D eigenvalue weighted by Crippen LogP contribution is 2.21. The minimum absolute atomic E-state index is 0.834. The minimum Gasteiger partial charge on any atom is -0.361 e. The number of aromatic nitrogens is 1. The van der Waals surface area contributed by atoms with Crippen molar-refractivity contribution in [3.05, 3.63) is 35.5 Å². The number of aryl methyl sites for hydroxylation is 2. The molecule has 1 fully saturated rings. The van der Waals surface area contributed by atoms with Crippen LogP contribution in [0.1, 0.15) is 30.4 Å². The van der Waals surface area contributed by atoms with Crippen LogP contribution in [0.25, 0.3) is 10.9 Å². The summed E-state index contributed by atoms with van der Waals surface area (Å²) in [5.74, 6) is 0. The second-order valence-corrected chi connectivity index (χ2v) is 5.19. The molecule has 1 aromatic carbocycles. The van der Waals surface area contributed by atoms with Crippen LogP contribution in [-0.4, -0.2) is 17.6 Å². The summed E-state index contributed by atoms with van der Waals surface area (Å²) in [6.07, 6.45) is 7.33. The van der Waals surface area contributed by atoms with Gasteiger partial charge in [0.25, 0.3) is 0 Å². The molecule has 0 amide bonds. The molecule has 0 bridgehead atoms. The van der Waals surface area contributed by atoms with Crippen molar-refractivity contribution in [2.75, 3.05) is 6.54 Å². The van der Waals surface area contributed by atoms with Crippen molar-refractivity contribution in [1.29, 1.82) is 0 Å². The van der Waals surface area contributed by atoms with E-state index in [1.54, 1.807) is 0 Å². The first-order chi connectivity index (χ1) is 8.33. The fourth-order valence-corrected chi connectivity index (χ4v) is 2.38. The zero-order valence-corrected chi connectivity index (χ0v) is 10.4. The van der Waals surface area contributed by atoms with E-state index in [1.165, 1.54) is 47.7 Å². The first kappa shape index (κ1) is 10.8. The number of rotatable bonds is 5. The fourth-order valence-electron chi connectivity index (χ4n) is 2.38. The van der Waals surface area contributed by atoms with Crippen molar-refractivity contribution < 1.29 is 0 Å². The Bertz CT molecular complexity index is 509. The van der Waals surface area contributed by atoms with Crippen LogP contribution in [0.4, 0.5) is 0 Å². The molecule has 0 saturated heterocycles. The molecule has 1 heterocycles. The van der Waals surface area contributed by atoms with Crippen molar-refractivity contribution in [2.45, 2.75) is 38.6 Å². The lowest BCUT2D eigenvalue weighted by atomic mass is 10.1. The molecule has 0 aliphatic heterocycles. The van der Waals surface area contributed by atoms with Crippen LogP contribution in [0.3, 0.4) is 0 Å². The SMILES string of the molecule is Cc1ccc2c(CCCNC3CC3)c[nH]c2c1. The number of nitrogens with one attached hydrogen (secondary N) is 2. The quantitative estimate of drug-likeness (QED) is 0.756. The fraction of sp³-hybridized carbons (Fsp3) is 0.467. The molecule has 90 valence electrons. The van der Waals surface area contributed by atoms with Gasteiger partial charge < -0.3 is 10.3 Å². The highest BCUT2D eigenvalue weighted by Gasteiger charge is 2.19. The maximum Gasteiger partial charge on any atom is 0.0459 e. The number of H-pyrrole nitrogens is 1. The average molecular weight is 228 g/mol. The van der Waals surface area contributed by atoms with Crippen molar-refractivity contribution >= 4 is 10.9 Å². The van der Waals surface area contributed by atoms with E-state index in [0.29, 0.717) is 0 Å². The van der Waals surface area contributed by atoms with Crippen LogP contribution < -0.4 is 5.32 Å². The smallest absolute Gasteiger partial charge is 0.0459 e. The summed E-state index contributed by atoms with van der Waals surface area (Å²) in [6, 6.07) is 7.49. The van der Waals surface area contributed by atoms with Gasteiger partial charge in [-0.2, -0.15) is 0 Å². The van der Waals surface area contributed by atoms with Gasteiger partial charge in [0.15, 0.2) is 0 Å². The Labute approximate surface area is 102 Å². The second kappa shape index (κ2) is 4.53. The number of benzene rings is 1. The molecule has 17 heavy (non-hydrogen) atoms. The van der Waals surface area contributed by atoms with Gasteiger partial charge in [-0.15, -0.1) is 0 Å². The summed E-state index contributed by atoms with van der Waals surface area (Å²) in [6.45, 7) is 3.29. The summed E-state index contributed by atoms with van der Waals surface area (Å²) >= 11 is 0. The Morgan fingerprint density at radius 2 is 2.24 bits per heavy atom. The molecule has 1 aliphatic rings. The molecule has 0 radical (unpaired) electrons. The summed E-state index contributed by atoms with van der Waals surface area (Å²) in [7, 11) is 0. The number of hydrogen-bond acceptors (Lipinski definition) is 1. The molecule has 2 nitrogen and oxygen atoms in total. The third kappa shape index (κ3) is 2.52. The molecule has 1 saturated carbocycles. The maximum atomic E-state index is 3.57. The average Bonchev–Trinajstić information content (AvgIpc) is 3.06. The monoisotopic (exact) mass is 228 g/mol. The van der Waals surface area contributed by atoms with Crippen LogP contribution in [0, 0.1) is 6.92 Å². The molecule has 1 aromatic heterocycles. The Hall–Kier alpha value is -1.28. The summed E-state index contributed by atoms with van der Waals surface area (Å²) < 4.78 is 0. The van der Waals surface area contributed by atoms with Crippen molar-refractivity contribution in [3.8, 4) is 0 Å². The van der Waals surface area contributed by atoms with Crippen LogP contribution in [0.5, 0.6) is 0 Å². The molecule has 0 atom stereocenters. The van der Waals surface area contributed by atoms with Gasteiger partial charge in [-0.3, -0.25) is 0 Å². The maximum absolute atomic E-state index is 3.57. The van der Waals surface area contributed by atoms with Gasteiger partial charge in [-0.1, -0.05) is 12.1 Å². The van der Waals surface area contributed by atoms with Crippen LogP contribution in [-0.2, 0) is 6.42 Å². The molecular weight excluding hydrogens is 208 g/mol. The Kier molecular flexibility index (Phi) is 2.89. The van der Waals surface area contributed by atoms with E-state index < -0.39 is 0 Å². The first-order valence-corrected chi connectivity index (χ1v) is 6.63. The third-order valence-corrected chi connectivity index (χ3v) is 3.56.